The van der Waals surface area contributed by atoms with Gasteiger partial charge in [0.05, 0.1) is 5.56 Å². The van der Waals surface area contributed by atoms with Gasteiger partial charge in [0, 0.05) is 45.0 Å². The summed E-state index contributed by atoms with van der Waals surface area (Å²) < 4.78 is 0. The minimum atomic E-state index is 0.0706. The first kappa shape index (κ1) is 19.1. The monoisotopic (exact) mass is 378 g/mol. The lowest BCUT2D eigenvalue weighted by molar-refractivity contribution is 0.0224. The molecule has 2 aliphatic heterocycles. The van der Waals surface area contributed by atoms with Crippen LogP contribution in [0, 0.1) is 5.41 Å². The van der Waals surface area contributed by atoms with Crippen molar-refractivity contribution in [3.63, 3.8) is 0 Å². The van der Waals surface area contributed by atoms with Crippen LogP contribution in [-0.4, -0.2) is 58.9 Å². The number of hydrogen-bond donors (Lipinski definition) is 0. The van der Waals surface area contributed by atoms with Crippen LogP contribution >= 0.6 is 0 Å². The summed E-state index contributed by atoms with van der Waals surface area (Å²) in [7, 11) is 2.24. The van der Waals surface area contributed by atoms with Crippen LogP contribution in [0.5, 0.6) is 0 Å². The summed E-state index contributed by atoms with van der Waals surface area (Å²) in [5.74, 6) is 1.44. The number of likely N-dealkylation sites (tertiary alicyclic amines) is 2. The van der Waals surface area contributed by atoms with Gasteiger partial charge in [-0.15, -0.1) is 0 Å². The van der Waals surface area contributed by atoms with Gasteiger partial charge in [0.1, 0.15) is 5.82 Å². The number of amides is 1. The van der Waals surface area contributed by atoms with E-state index in [1.54, 1.807) is 12.4 Å². The van der Waals surface area contributed by atoms with E-state index in [4.69, 9.17) is 0 Å². The number of aromatic nitrogens is 2. The third-order valence-electron chi connectivity index (χ3n) is 6.47. The van der Waals surface area contributed by atoms with E-state index in [9.17, 15) is 4.79 Å². The Hall–Kier alpha value is -2.27. The second-order valence-electron chi connectivity index (χ2n) is 8.54. The number of benzene rings is 1. The second kappa shape index (κ2) is 8.00. The SMILES string of the molecule is CCc1ncc(C(=O)N2CCC3(CC2)C[C@@H](c2ccccc2)CN(C)C3)cn1. The minimum Gasteiger partial charge on any atom is -0.339 e. The summed E-state index contributed by atoms with van der Waals surface area (Å²) in [6.45, 7) is 5.92. The predicted molar refractivity (Wildman–Crippen MR) is 110 cm³/mol. The summed E-state index contributed by atoms with van der Waals surface area (Å²) >= 11 is 0. The van der Waals surface area contributed by atoms with Gasteiger partial charge in [-0.05, 0) is 43.2 Å². The summed E-state index contributed by atoms with van der Waals surface area (Å²) in [4.78, 5) is 25.9. The Morgan fingerprint density at radius 1 is 1.14 bits per heavy atom. The quantitative estimate of drug-likeness (QED) is 0.822. The first-order valence-electron chi connectivity index (χ1n) is 10.4. The van der Waals surface area contributed by atoms with Crippen molar-refractivity contribution >= 4 is 5.91 Å². The minimum absolute atomic E-state index is 0.0706. The molecule has 5 nitrogen and oxygen atoms in total. The molecule has 0 aliphatic carbocycles. The van der Waals surface area contributed by atoms with E-state index in [1.165, 1.54) is 12.0 Å². The van der Waals surface area contributed by atoms with Gasteiger partial charge in [-0.25, -0.2) is 9.97 Å². The Bertz CT molecular complexity index is 797. The summed E-state index contributed by atoms with van der Waals surface area (Å²) in [6, 6.07) is 10.9. The lowest BCUT2D eigenvalue weighted by Gasteiger charge is -2.49. The van der Waals surface area contributed by atoms with E-state index in [2.05, 4.69) is 52.2 Å². The largest absolute Gasteiger partial charge is 0.339 e. The molecule has 0 unspecified atom stereocenters. The fraction of sp³-hybridized carbons (Fsp3) is 0.522. The number of carbonyl (C=O) groups is 1. The Morgan fingerprint density at radius 2 is 1.82 bits per heavy atom. The molecule has 0 saturated carbocycles. The van der Waals surface area contributed by atoms with E-state index >= 15 is 0 Å². The molecule has 28 heavy (non-hydrogen) atoms. The second-order valence-corrected chi connectivity index (χ2v) is 8.54. The van der Waals surface area contributed by atoms with Gasteiger partial charge in [-0.3, -0.25) is 4.79 Å². The maximum atomic E-state index is 12.9. The van der Waals surface area contributed by atoms with Crippen molar-refractivity contribution in [2.45, 2.75) is 38.5 Å². The van der Waals surface area contributed by atoms with Crippen molar-refractivity contribution < 1.29 is 4.79 Å². The van der Waals surface area contributed by atoms with Crippen LogP contribution in [0.2, 0.25) is 0 Å². The fourth-order valence-corrected chi connectivity index (χ4v) is 4.99. The number of aryl methyl sites for hydroxylation is 1. The predicted octanol–water partition coefficient (Wildman–Crippen LogP) is 3.38. The van der Waals surface area contributed by atoms with Gasteiger partial charge in [0.25, 0.3) is 5.91 Å². The molecule has 1 amide bonds. The molecule has 0 bridgehead atoms. The fourth-order valence-electron chi connectivity index (χ4n) is 4.99. The highest BCUT2D eigenvalue weighted by atomic mass is 16.2. The van der Waals surface area contributed by atoms with Crippen LogP contribution in [-0.2, 0) is 6.42 Å². The molecule has 1 spiro atoms. The summed E-state index contributed by atoms with van der Waals surface area (Å²) in [5, 5.41) is 0. The highest BCUT2D eigenvalue weighted by Crippen LogP contribution is 2.44. The molecule has 5 heteroatoms. The Morgan fingerprint density at radius 3 is 2.46 bits per heavy atom. The van der Waals surface area contributed by atoms with Gasteiger partial charge >= 0.3 is 0 Å². The molecule has 1 aromatic heterocycles. The molecule has 0 radical (unpaired) electrons. The highest BCUT2D eigenvalue weighted by Gasteiger charge is 2.42. The molecule has 2 saturated heterocycles. The molecule has 1 aromatic carbocycles. The number of rotatable bonds is 3. The molecule has 0 N–H and O–H groups in total. The van der Waals surface area contributed by atoms with Crippen LogP contribution in [0.1, 0.15) is 53.8 Å². The van der Waals surface area contributed by atoms with Crippen LogP contribution in [0.25, 0.3) is 0 Å². The molecule has 2 aliphatic rings. The van der Waals surface area contributed by atoms with E-state index in [-0.39, 0.29) is 5.91 Å². The summed E-state index contributed by atoms with van der Waals surface area (Å²) in [6.07, 6.45) is 7.51. The standard InChI is InChI=1S/C23H30N4O/c1-3-21-24-14-20(15-25-21)22(28)27-11-9-23(10-12-27)13-19(16-26(2)17-23)18-7-5-4-6-8-18/h4-8,14-15,19H,3,9-13,16-17H2,1-2H3/t19-/m1/s1. The number of hydrogen-bond acceptors (Lipinski definition) is 4. The van der Waals surface area contributed by atoms with E-state index < -0.39 is 0 Å². The van der Waals surface area contributed by atoms with Gasteiger partial charge in [-0.1, -0.05) is 37.3 Å². The lowest BCUT2D eigenvalue weighted by Crippen LogP contribution is -2.51. The first-order valence-corrected chi connectivity index (χ1v) is 10.4. The third-order valence-corrected chi connectivity index (χ3v) is 6.47. The van der Waals surface area contributed by atoms with Crippen LogP contribution in [0.15, 0.2) is 42.7 Å². The molecular formula is C23H30N4O. The van der Waals surface area contributed by atoms with Gasteiger partial charge in [0.2, 0.25) is 0 Å². The molecule has 1 atom stereocenters. The van der Waals surface area contributed by atoms with Crippen LogP contribution in [0.4, 0.5) is 0 Å². The normalized spacial score (nSPS) is 22.4. The topological polar surface area (TPSA) is 49.3 Å². The average Bonchev–Trinajstić information content (AvgIpc) is 2.74. The maximum absolute atomic E-state index is 12.9. The number of piperidine rings is 2. The van der Waals surface area contributed by atoms with Crippen molar-refractivity contribution in [3.8, 4) is 0 Å². The van der Waals surface area contributed by atoms with Crippen molar-refractivity contribution in [2.24, 2.45) is 5.41 Å². The van der Waals surface area contributed by atoms with E-state index in [0.29, 0.717) is 16.9 Å². The van der Waals surface area contributed by atoms with E-state index in [1.807, 2.05) is 11.8 Å². The van der Waals surface area contributed by atoms with Gasteiger partial charge in [0.15, 0.2) is 0 Å². The third kappa shape index (κ3) is 3.95. The Labute approximate surface area is 167 Å². The number of likely N-dealkylation sites (N-methyl/N-ethyl adjacent to an activating group) is 1. The average molecular weight is 379 g/mol. The molecule has 4 rings (SSSR count). The van der Waals surface area contributed by atoms with Crippen molar-refractivity contribution in [1.29, 1.82) is 0 Å². The number of nitrogens with zero attached hydrogens (tertiary/aromatic N) is 4. The van der Waals surface area contributed by atoms with E-state index in [0.717, 1.165) is 51.3 Å². The van der Waals surface area contributed by atoms with Crippen LogP contribution < -0.4 is 0 Å². The maximum Gasteiger partial charge on any atom is 0.256 e. The van der Waals surface area contributed by atoms with Crippen LogP contribution in [0.3, 0.4) is 0 Å². The Kier molecular flexibility index (Phi) is 5.44. The molecule has 148 valence electrons. The highest BCUT2D eigenvalue weighted by molar-refractivity contribution is 5.93. The zero-order valence-corrected chi connectivity index (χ0v) is 17.0. The Balaban J connectivity index is 1.42. The molecule has 3 heterocycles. The number of carbonyl (C=O) groups excluding carboxylic acids is 1. The smallest absolute Gasteiger partial charge is 0.256 e. The van der Waals surface area contributed by atoms with Crippen molar-refractivity contribution in [3.05, 3.63) is 59.7 Å². The summed E-state index contributed by atoms with van der Waals surface area (Å²) in [5.41, 5.74) is 2.36. The van der Waals surface area contributed by atoms with Gasteiger partial charge < -0.3 is 9.80 Å². The molecular weight excluding hydrogens is 348 g/mol. The molecule has 2 fully saturated rings. The first-order chi connectivity index (χ1) is 13.6. The van der Waals surface area contributed by atoms with Crippen molar-refractivity contribution in [1.82, 2.24) is 19.8 Å². The molecule has 2 aromatic rings. The lowest BCUT2D eigenvalue weighted by atomic mass is 9.68. The zero-order valence-electron chi connectivity index (χ0n) is 17.0. The van der Waals surface area contributed by atoms with Crippen molar-refractivity contribution in [2.75, 3.05) is 33.2 Å². The zero-order chi connectivity index (χ0) is 19.6. The van der Waals surface area contributed by atoms with Gasteiger partial charge in [-0.2, -0.15) is 0 Å².